The third kappa shape index (κ3) is 8.21. The van der Waals surface area contributed by atoms with Gasteiger partial charge in [0.25, 0.3) is 0 Å². The molecule has 6 nitrogen and oxygen atoms in total. The van der Waals surface area contributed by atoms with E-state index in [-0.39, 0.29) is 12.0 Å². The minimum absolute atomic E-state index is 0.0426. The van der Waals surface area contributed by atoms with Crippen molar-refractivity contribution in [1.82, 2.24) is 15.0 Å². The maximum atomic E-state index is 11.7. The first-order valence-electron chi connectivity index (χ1n) is 9.27. The molecule has 8 heteroatoms. The van der Waals surface area contributed by atoms with Gasteiger partial charge in [-0.1, -0.05) is 60.7 Å². The Morgan fingerprint density at radius 1 is 0.759 bits per heavy atom. The van der Waals surface area contributed by atoms with Crippen molar-refractivity contribution >= 4 is 23.5 Å². The van der Waals surface area contributed by atoms with Gasteiger partial charge in [-0.05, 0) is 11.1 Å². The van der Waals surface area contributed by atoms with Crippen LogP contribution in [0.4, 0.5) is 0 Å². The summed E-state index contributed by atoms with van der Waals surface area (Å²) in [5.74, 6) is 3.39. The summed E-state index contributed by atoms with van der Waals surface area (Å²) in [6.07, 6.45) is 0. The fraction of sp³-hybridized carbons (Fsp3) is 0.286. The summed E-state index contributed by atoms with van der Waals surface area (Å²) in [6.45, 7) is 0.865. The zero-order chi connectivity index (χ0) is 20.2. The number of aromatic amines is 1. The molecule has 0 spiro atoms. The van der Waals surface area contributed by atoms with Gasteiger partial charge >= 0.3 is 17.7 Å². The average molecular weight is 430 g/mol. The van der Waals surface area contributed by atoms with Gasteiger partial charge in [0, 0.05) is 23.0 Å². The van der Waals surface area contributed by atoms with Gasteiger partial charge in [-0.15, -0.1) is 9.97 Å². The molecule has 0 radical (unpaired) electrons. The van der Waals surface area contributed by atoms with Crippen molar-refractivity contribution in [3.8, 4) is 12.0 Å². The number of hydrogen-bond donors (Lipinski definition) is 1. The zero-order valence-electron chi connectivity index (χ0n) is 16.0. The highest BCUT2D eigenvalue weighted by Crippen LogP contribution is 2.13. The normalized spacial score (nSPS) is 10.6. The monoisotopic (exact) mass is 429 g/mol. The molecule has 0 atom stereocenters. The maximum Gasteiger partial charge on any atom is 0.353 e. The number of rotatable bonds is 12. The van der Waals surface area contributed by atoms with E-state index in [1.54, 1.807) is 23.5 Å². The van der Waals surface area contributed by atoms with E-state index in [1.807, 2.05) is 36.4 Å². The molecule has 0 saturated carbocycles. The molecule has 3 aromatic rings. The molecule has 2 aromatic carbocycles. The zero-order valence-corrected chi connectivity index (χ0v) is 17.6. The summed E-state index contributed by atoms with van der Waals surface area (Å²) in [7, 11) is 0. The topological polar surface area (TPSA) is 77.1 Å². The number of nitrogens with one attached hydrogen (secondary N) is 1. The lowest BCUT2D eigenvalue weighted by Gasteiger charge is -2.07. The van der Waals surface area contributed by atoms with Crippen LogP contribution in [0.15, 0.2) is 65.5 Å². The predicted octanol–water partition coefficient (Wildman–Crippen LogP) is 3.79. The van der Waals surface area contributed by atoms with Crippen LogP contribution in [-0.4, -0.2) is 39.7 Å². The molecule has 0 aliphatic rings. The number of hydrogen-bond acceptors (Lipinski definition) is 7. The van der Waals surface area contributed by atoms with Crippen LogP contribution in [0.1, 0.15) is 11.1 Å². The second-order valence-corrected chi connectivity index (χ2v) is 8.23. The van der Waals surface area contributed by atoms with Crippen LogP contribution in [0.3, 0.4) is 0 Å². The fourth-order valence-corrected chi connectivity index (χ4v) is 3.94. The van der Waals surface area contributed by atoms with Crippen molar-refractivity contribution in [3.63, 3.8) is 0 Å². The Labute approximate surface area is 178 Å². The van der Waals surface area contributed by atoms with Crippen LogP contribution in [0.2, 0.25) is 0 Å². The average Bonchev–Trinajstić information content (AvgIpc) is 2.74. The van der Waals surface area contributed by atoms with Gasteiger partial charge < -0.3 is 9.47 Å². The van der Waals surface area contributed by atoms with Crippen LogP contribution in [-0.2, 0) is 11.5 Å². The number of ether oxygens (including phenoxy) is 2. The first-order chi connectivity index (χ1) is 14.3. The molecule has 1 heterocycles. The van der Waals surface area contributed by atoms with Crippen molar-refractivity contribution in [3.05, 3.63) is 82.3 Å². The third-order valence-corrected chi connectivity index (χ3v) is 5.74. The van der Waals surface area contributed by atoms with E-state index in [2.05, 4.69) is 39.2 Å². The highest BCUT2D eigenvalue weighted by Gasteiger charge is 2.05. The standard InChI is InChI=1S/C21H23N3O3S2/c25-19-22-20(26-11-13-28-15-17-7-3-1-4-8-17)24-21(23-19)27-12-14-29-16-18-9-5-2-6-10-18/h1-10H,11-16H2,(H,22,23,24,25). The van der Waals surface area contributed by atoms with Crippen molar-refractivity contribution in [2.24, 2.45) is 0 Å². The minimum atomic E-state index is -0.529. The van der Waals surface area contributed by atoms with Gasteiger partial charge in [0.2, 0.25) is 0 Å². The minimum Gasteiger partial charge on any atom is -0.464 e. The van der Waals surface area contributed by atoms with E-state index in [9.17, 15) is 4.79 Å². The van der Waals surface area contributed by atoms with Crippen LogP contribution >= 0.6 is 23.5 Å². The van der Waals surface area contributed by atoms with Gasteiger partial charge in [-0.2, -0.15) is 23.5 Å². The molecule has 29 heavy (non-hydrogen) atoms. The molecule has 0 fully saturated rings. The molecule has 0 bridgehead atoms. The molecule has 0 aliphatic carbocycles. The Bertz CT molecular complexity index is 837. The highest BCUT2D eigenvalue weighted by molar-refractivity contribution is 7.98. The molecule has 1 aromatic heterocycles. The van der Waals surface area contributed by atoms with Crippen LogP contribution in [0.5, 0.6) is 12.0 Å². The Morgan fingerprint density at radius 2 is 1.31 bits per heavy atom. The number of H-pyrrole nitrogens is 1. The van der Waals surface area contributed by atoms with Gasteiger partial charge in [-0.3, -0.25) is 4.98 Å². The second kappa shape index (κ2) is 12.2. The fourth-order valence-electron chi connectivity index (χ4n) is 2.40. The largest absolute Gasteiger partial charge is 0.464 e. The van der Waals surface area contributed by atoms with E-state index in [4.69, 9.17) is 9.47 Å². The summed E-state index contributed by atoms with van der Waals surface area (Å²) in [6, 6.07) is 20.7. The molecular formula is C21H23N3O3S2. The lowest BCUT2D eigenvalue weighted by atomic mass is 10.2. The Morgan fingerprint density at radius 3 is 1.90 bits per heavy atom. The van der Waals surface area contributed by atoms with E-state index < -0.39 is 5.69 Å². The molecule has 0 unspecified atom stereocenters. The summed E-state index contributed by atoms with van der Waals surface area (Å²) >= 11 is 3.51. The molecular weight excluding hydrogens is 406 g/mol. The van der Waals surface area contributed by atoms with Gasteiger partial charge in [0.05, 0.1) is 0 Å². The molecule has 3 rings (SSSR count). The predicted molar refractivity (Wildman–Crippen MR) is 119 cm³/mol. The molecule has 0 aliphatic heterocycles. The molecule has 1 N–H and O–H groups in total. The van der Waals surface area contributed by atoms with Crippen molar-refractivity contribution in [2.75, 3.05) is 24.7 Å². The molecule has 0 saturated heterocycles. The van der Waals surface area contributed by atoms with E-state index in [1.165, 1.54) is 11.1 Å². The lowest BCUT2D eigenvalue weighted by molar-refractivity contribution is 0.280. The van der Waals surface area contributed by atoms with Crippen LogP contribution in [0, 0.1) is 0 Å². The van der Waals surface area contributed by atoms with Crippen LogP contribution in [0.25, 0.3) is 0 Å². The van der Waals surface area contributed by atoms with Crippen LogP contribution < -0.4 is 15.2 Å². The summed E-state index contributed by atoms with van der Waals surface area (Å²) in [4.78, 5) is 22.0. The third-order valence-electron chi connectivity index (χ3n) is 3.76. The van der Waals surface area contributed by atoms with Gasteiger partial charge in [0.15, 0.2) is 0 Å². The smallest absolute Gasteiger partial charge is 0.353 e. The summed E-state index contributed by atoms with van der Waals surface area (Å²) in [5, 5.41) is 0. The molecule has 0 amide bonds. The van der Waals surface area contributed by atoms with Crippen molar-refractivity contribution in [1.29, 1.82) is 0 Å². The van der Waals surface area contributed by atoms with E-state index >= 15 is 0 Å². The molecule has 152 valence electrons. The second-order valence-electron chi connectivity index (χ2n) is 6.01. The highest BCUT2D eigenvalue weighted by atomic mass is 32.2. The van der Waals surface area contributed by atoms with Gasteiger partial charge in [-0.25, -0.2) is 4.79 Å². The SMILES string of the molecule is O=c1nc(OCCSCc2ccccc2)nc(OCCSCc2ccccc2)[nH]1. The summed E-state index contributed by atoms with van der Waals surface area (Å²) in [5.41, 5.74) is 2.01. The number of benzene rings is 2. The van der Waals surface area contributed by atoms with Crippen molar-refractivity contribution < 1.29 is 9.47 Å². The Hall–Kier alpha value is -2.45. The van der Waals surface area contributed by atoms with Gasteiger partial charge in [0.1, 0.15) is 13.2 Å². The Balaban J connectivity index is 1.34. The van der Waals surface area contributed by atoms with E-state index in [0.717, 1.165) is 23.0 Å². The maximum absolute atomic E-state index is 11.7. The first kappa shape index (κ1) is 21.3. The number of aromatic nitrogens is 3. The quantitative estimate of drug-likeness (QED) is 0.439. The van der Waals surface area contributed by atoms with Crippen molar-refractivity contribution in [2.45, 2.75) is 11.5 Å². The summed E-state index contributed by atoms with van der Waals surface area (Å²) < 4.78 is 11.0. The lowest BCUT2D eigenvalue weighted by Crippen LogP contribution is -2.17. The van der Waals surface area contributed by atoms with E-state index in [0.29, 0.717) is 13.2 Å². The number of nitrogens with zero attached hydrogens (tertiary/aromatic N) is 2. The first-order valence-corrected chi connectivity index (χ1v) is 11.6. The number of thioether (sulfide) groups is 2. The Kier molecular flexibility index (Phi) is 8.93.